The molecule has 0 heterocycles. The van der Waals surface area contributed by atoms with Crippen LogP contribution in [0.3, 0.4) is 0 Å². The fourth-order valence-electron chi connectivity index (χ4n) is 4.23. The van der Waals surface area contributed by atoms with Gasteiger partial charge in [0.1, 0.15) is 12.7 Å². The molecule has 4 N–H and O–H groups in total. The molecule has 0 saturated heterocycles. The molecule has 0 unspecified atom stereocenters. The van der Waals surface area contributed by atoms with Crippen LogP contribution in [0.2, 0.25) is 0 Å². The quantitative estimate of drug-likeness (QED) is 0.155. The average molecular weight is 463 g/mol. The van der Waals surface area contributed by atoms with E-state index in [2.05, 4.69) is 6.58 Å². The van der Waals surface area contributed by atoms with Gasteiger partial charge in [0.25, 0.3) is 0 Å². The summed E-state index contributed by atoms with van der Waals surface area (Å²) in [5.41, 5.74) is 14.5. The molecule has 0 amide bonds. The number of anilines is 2. The summed E-state index contributed by atoms with van der Waals surface area (Å²) in [5, 5.41) is 0. The highest BCUT2D eigenvalue weighted by molar-refractivity contribution is 5.90. The van der Waals surface area contributed by atoms with Crippen molar-refractivity contribution in [2.45, 2.75) is 57.7 Å². The summed E-state index contributed by atoms with van der Waals surface area (Å²) in [6.07, 6.45) is 12.5. The number of ether oxygens (including phenoxy) is 2. The topological polar surface area (TPSA) is 105 Å². The monoisotopic (exact) mass is 462 g/mol. The number of carbonyl (C=O) groups excluding carboxylic acids is 2. The Hall–Kier alpha value is -3.54. The molecule has 0 bridgehead atoms. The van der Waals surface area contributed by atoms with Gasteiger partial charge in [-0.1, -0.05) is 24.6 Å². The van der Waals surface area contributed by atoms with E-state index in [1.807, 2.05) is 6.08 Å². The van der Waals surface area contributed by atoms with Crippen LogP contribution in [0.5, 0.6) is 0 Å². The lowest BCUT2D eigenvalue weighted by atomic mass is 9.84. The maximum absolute atomic E-state index is 12.5. The number of nitrogens with two attached hydrogens (primary N) is 2. The van der Waals surface area contributed by atoms with Crippen LogP contribution in [0.25, 0.3) is 6.08 Å². The van der Waals surface area contributed by atoms with Crippen molar-refractivity contribution in [3.05, 3.63) is 77.9 Å². The van der Waals surface area contributed by atoms with E-state index in [-0.39, 0.29) is 18.7 Å². The summed E-state index contributed by atoms with van der Waals surface area (Å²) in [7, 11) is 0. The lowest BCUT2D eigenvalue weighted by Crippen LogP contribution is -2.24. The first-order chi connectivity index (χ1) is 16.4. The van der Waals surface area contributed by atoms with Crippen LogP contribution in [0, 0.1) is 5.92 Å². The Labute approximate surface area is 201 Å². The summed E-state index contributed by atoms with van der Waals surface area (Å²) in [5.74, 6) is -0.0485. The smallest absolute Gasteiger partial charge is 0.338 e. The molecule has 6 nitrogen and oxygen atoms in total. The van der Waals surface area contributed by atoms with Gasteiger partial charge in [0.15, 0.2) is 0 Å². The Morgan fingerprint density at radius 3 is 2.32 bits per heavy atom. The van der Waals surface area contributed by atoms with Gasteiger partial charge < -0.3 is 20.9 Å². The summed E-state index contributed by atoms with van der Waals surface area (Å²) in [6.45, 7) is 3.86. The second-order valence-corrected chi connectivity index (χ2v) is 8.84. The first-order valence-corrected chi connectivity index (χ1v) is 11.8. The molecular weight excluding hydrogens is 428 g/mol. The van der Waals surface area contributed by atoms with Crippen LogP contribution in [0.4, 0.5) is 11.4 Å². The van der Waals surface area contributed by atoms with Crippen LogP contribution < -0.4 is 11.5 Å². The van der Waals surface area contributed by atoms with E-state index in [1.165, 1.54) is 18.9 Å². The highest BCUT2D eigenvalue weighted by atomic mass is 16.5. The van der Waals surface area contributed by atoms with Crippen LogP contribution in [-0.4, -0.2) is 18.0 Å². The molecule has 2 aromatic carbocycles. The second-order valence-electron chi connectivity index (χ2n) is 8.84. The molecule has 180 valence electrons. The zero-order valence-electron chi connectivity index (χ0n) is 19.6. The van der Waals surface area contributed by atoms with E-state index in [4.69, 9.17) is 20.9 Å². The third-order valence-corrected chi connectivity index (χ3v) is 6.06. The third kappa shape index (κ3) is 8.10. The zero-order valence-corrected chi connectivity index (χ0v) is 19.6. The van der Waals surface area contributed by atoms with Crippen LogP contribution in [0.15, 0.2) is 61.2 Å². The van der Waals surface area contributed by atoms with Crippen molar-refractivity contribution >= 4 is 29.4 Å². The van der Waals surface area contributed by atoms with Gasteiger partial charge in [-0.05, 0) is 92.0 Å². The number of allylic oxidation sites excluding steroid dienone is 1. The van der Waals surface area contributed by atoms with Crippen molar-refractivity contribution in [3.63, 3.8) is 0 Å². The van der Waals surface area contributed by atoms with Crippen molar-refractivity contribution in [2.24, 2.45) is 5.92 Å². The fourth-order valence-corrected chi connectivity index (χ4v) is 4.23. The molecular formula is C28H34N2O4. The van der Waals surface area contributed by atoms with Crippen molar-refractivity contribution in [2.75, 3.05) is 11.5 Å². The maximum Gasteiger partial charge on any atom is 0.338 e. The lowest BCUT2D eigenvalue weighted by Gasteiger charge is -2.28. The molecule has 0 spiro atoms. The summed E-state index contributed by atoms with van der Waals surface area (Å²) in [6, 6.07) is 12.0. The van der Waals surface area contributed by atoms with E-state index >= 15 is 0 Å². The van der Waals surface area contributed by atoms with Crippen molar-refractivity contribution in [3.8, 4) is 0 Å². The summed E-state index contributed by atoms with van der Waals surface area (Å²) in [4.78, 5) is 24.5. The van der Waals surface area contributed by atoms with E-state index in [0.717, 1.165) is 49.1 Å². The first-order valence-electron chi connectivity index (χ1n) is 11.8. The summed E-state index contributed by atoms with van der Waals surface area (Å²) >= 11 is 0. The number of hydrogen-bond acceptors (Lipinski definition) is 6. The van der Waals surface area contributed by atoms with Gasteiger partial charge in [-0.15, -0.1) is 6.58 Å². The largest absolute Gasteiger partial charge is 0.459 e. The molecule has 3 rings (SSSR count). The molecule has 6 heteroatoms. The fraction of sp³-hybridized carbons (Fsp3) is 0.357. The average Bonchev–Trinajstić information content (AvgIpc) is 2.82. The van der Waals surface area contributed by atoms with E-state index in [1.54, 1.807) is 48.5 Å². The highest BCUT2D eigenvalue weighted by Gasteiger charge is 2.24. The molecule has 1 fully saturated rings. The minimum absolute atomic E-state index is 0.00666. The molecule has 1 aliphatic rings. The van der Waals surface area contributed by atoms with Gasteiger partial charge in [-0.25, -0.2) is 9.59 Å². The minimum atomic E-state index is -0.482. The van der Waals surface area contributed by atoms with Gasteiger partial charge in [0.2, 0.25) is 0 Å². The van der Waals surface area contributed by atoms with Crippen molar-refractivity contribution in [1.82, 2.24) is 0 Å². The number of rotatable bonds is 10. The third-order valence-electron chi connectivity index (χ3n) is 6.06. The van der Waals surface area contributed by atoms with Crippen molar-refractivity contribution in [1.29, 1.82) is 0 Å². The molecule has 0 atom stereocenters. The van der Waals surface area contributed by atoms with E-state index < -0.39 is 5.97 Å². The van der Waals surface area contributed by atoms with Gasteiger partial charge in [-0.3, -0.25) is 0 Å². The number of esters is 2. The Morgan fingerprint density at radius 1 is 1.00 bits per heavy atom. The summed E-state index contributed by atoms with van der Waals surface area (Å²) < 4.78 is 10.9. The Kier molecular flexibility index (Phi) is 9.32. The first kappa shape index (κ1) is 25.1. The van der Waals surface area contributed by atoms with Gasteiger partial charge in [0.05, 0.1) is 5.56 Å². The SMILES string of the molecule is C=CCCCC1CCC(OC(=O)c2ccc(/C=C/C(=O)OCc3cc(N)cc(N)c3)cc2)CC1. The van der Waals surface area contributed by atoms with Crippen LogP contribution in [0.1, 0.15) is 66.4 Å². The van der Waals surface area contributed by atoms with Crippen LogP contribution >= 0.6 is 0 Å². The minimum Gasteiger partial charge on any atom is -0.459 e. The Bertz CT molecular complexity index is 985. The number of unbranched alkanes of at least 4 members (excludes halogenated alkanes) is 1. The lowest BCUT2D eigenvalue weighted by molar-refractivity contribution is -0.138. The molecule has 2 aromatic rings. The van der Waals surface area contributed by atoms with Gasteiger partial charge in [-0.2, -0.15) is 0 Å². The molecule has 0 aromatic heterocycles. The predicted molar refractivity (Wildman–Crippen MR) is 136 cm³/mol. The number of carbonyl (C=O) groups is 2. The number of benzene rings is 2. The van der Waals surface area contributed by atoms with E-state index in [0.29, 0.717) is 16.9 Å². The molecule has 34 heavy (non-hydrogen) atoms. The zero-order chi connectivity index (χ0) is 24.3. The van der Waals surface area contributed by atoms with Gasteiger partial charge in [0, 0.05) is 17.5 Å². The molecule has 1 aliphatic carbocycles. The molecule has 1 saturated carbocycles. The predicted octanol–water partition coefficient (Wildman–Crippen LogP) is 5.68. The van der Waals surface area contributed by atoms with Gasteiger partial charge >= 0.3 is 11.9 Å². The number of hydrogen-bond donors (Lipinski definition) is 2. The van der Waals surface area contributed by atoms with E-state index in [9.17, 15) is 9.59 Å². The molecule has 0 aliphatic heterocycles. The maximum atomic E-state index is 12.5. The normalized spacial score (nSPS) is 17.9. The van der Waals surface area contributed by atoms with Crippen molar-refractivity contribution < 1.29 is 19.1 Å². The highest BCUT2D eigenvalue weighted by Crippen LogP contribution is 2.30. The Balaban J connectivity index is 1.42. The second kappa shape index (κ2) is 12.6. The Morgan fingerprint density at radius 2 is 1.68 bits per heavy atom. The number of nitrogen functional groups attached to an aromatic ring is 2. The molecule has 0 radical (unpaired) electrons. The van der Waals surface area contributed by atoms with Crippen LogP contribution in [-0.2, 0) is 20.9 Å². The standard InChI is InChI=1S/C28H34N2O4/c1-2-3-4-5-20-8-13-26(14-9-20)34-28(32)23-11-6-21(7-12-23)10-15-27(31)33-19-22-16-24(29)18-25(30)17-22/h2,6-7,10-12,15-18,20,26H,1,3-5,8-9,13-14,19,29-30H2/b15-10+.